The molecule has 0 spiro atoms. The van der Waals surface area contributed by atoms with Crippen LogP contribution in [0.15, 0.2) is 12.1 Å². The molecular formula is C12H18F2N2O. The minimum atomic E-state index is -0.908. The molecule has 0 aliphatic rings. The molecule has 1 aromatic carbocycles. The number of methoxy groups -OCH3 is 1. The lowest BCUT2D eigenvalue weighted by Crippen LogP contribution is -2.37. The Labute approximate surface area is 100 Å². The number of rotatable bonds is 5. The number of nitrogens with zero attached hydrogens (tertiary/aromatic N) is 1. The van der Waals surface area contributed by atoms with E-state index in [1.54, 1.807) is 12.0 Å². The molecule has 0 heterocycles. The number of likely N-dealkylation sites (N-methyl/N-ethyl adjacent to an activating group) is 1. The van der Waals surface area contributed by atoms with E-state index in [9.17, 15) is 8.78 Å². The van der Waals surface area contributed by atoms with Gasteiger partial charge in [-0.3, -0.25) is 0 Å². The lowest BCUT2D eigenvalue weighted by Gasteiger charge is -2.31. The topological polar surface area (TPSA) is 38.5 Å². The molecule has 0 aliphatic heterocycles. The van der Waals surface area contributed by atoms with Crippen LogP contribution >= 0.6 is 0 Å². The summed E-state index contributed by atoms with van der Waals surface area (Å²) in [4.78, 5) is 1.69. The van der Waals surface area contributed by atoms with Crippen LogP contribution < -0.4 is 10.6 Å². The average Bonchev–Trinajstić information content (AvgIpc) is 2.30. The molecule has 0 bridgehead atoms. The molecule has 0 aliphatic carbocycles. The first-order valence-electron chi connectivity index (χ1n) is 5.51. The number of hydrogen-bond acceptors (Lipinski definition) is 3. The van der Waals surface area contributed by atoms with Gasteiger partial charge in [0.05, 0.1) is 18.0 Å². The molecule has 5 heteroatoms. The van der Waals surface area contributed by atoms with Gasteiger partial charge in [0.15, 0.2) is 11.6 Å². The Morgan fingerprint density at radius 3 is 2.59 bits per heavy atom. The number of nitrogens with two attached hydrogens (primary N) is 1. The van der Waals surface area contributed by atoms with Crippen LogP contribution in [0.25, 0.3) is 0 Å². The summed E-state index contributed by atoms with van der Waals surface area (Å²) in [5, 5.41) is 0. The predicted molar refractivity (Wildman–Crippen MR) is 65.1 cm³/mol. The highest BCUT2D eigenvalue weighted by molar-refractivity contribution is 5.68. The second-order valence-electron chi connectivity index (χ2n) is 3.89. The molecule has 0 saturated heterocycles. The second kappa shape index (κ2) is 5.82. The van der Waals surface area contributed by atoms with E-state index in [0.29, 0.717) is 13.2 Å². The summed E-state index contributed by atoms with van der Waals surface area (Å²) in [6.07, 6.45) is 0. The van der Waals surface area contributed by atoms with Crippen LogP contribution in [0.5, 0.6) is 0 Å². The van der Waals surface area contributed by atoms with Gasteiger partial charge in [0.2, 0.25) is 0 Å². The van der Waals surface area contributed by atoms with Crippen LogP contribution in [0.1, 0.15) is 13.8 Å². The molecule has 0 aromatic heterocycles. The van der Waals surface area contributed by atoms with Crippen molar-refractivity contribution in [2.45, 2.75) is 19.9 Å². The molecular weight excluding hydrogens is 226 g/mol. The zero-order valence-corrected chi connectivity index (χ0v) is 10.3. The summed E-state index contributed by atoms with van der Waals surface area (Å²) >= 11 is 0. The number of hydrogen-bond donors (Lipinski definition) is 1. The first-order chi connectivity index (χ1) is 8.02. The summed E-state index contributed by atoms with van der Waals surface area (Å²) < 4.78 is 32.0. The Morgan fingerprint density at radius 2 is 2.06 bits per heavy atom. The smallest absolute Gasteiger partial charge is 0.184 e. The Balaban J connectivity index is 3.15. The Hall–Kier alpha value is -1.36. The number of nitrogen functional groups attached to an aromatic ring is 1. The van der Waals surface area contributed by atoms with Gasteiger partial charge in [-0.05, 0) is 26.0 Å². The monoisotopic (exact) mass is 244 g/mol. The van der Waals surface area contributed by atoms with E-state index in [2.05, 4.69) is 0 Å². The summed E-state index contributed by atoms with van der Waals surface area (Å²) in [6, 6.07) is 2.32. The molecule has 96 valence electrons. The first kappa shape index (κ1) is 13.7. The zero-order valence-electron chi connectivity index (χ0n) is 10.3. The Bertz CT molecular complexity index is 385. The summed E-state index contributed by atoms with van der Waals surface area (Å²) in [5.74, 6) is -1.80. The normalized spacial score (nSPS) is 12.5. The van der Waals surface area contributed by atoms with Gasteiger partial charge in [-0.25, -0.2) is 8.78 Å². The van der Waals surface area contributed by atoms with Gasteiger partial charge in [-0.15, -0.1) is 0 Å². The maximum atomic E-state index is 13.8. The van der Waals surface area contributed by atoms with Crippen LogP contribution in [0.2, 0.25) is 0 Å². The summed E-state index contributed by atoms with van der Waals surface area (Å²) in [6.45, 7) is 4.67. The number of halogens is 2. The van der Waals surface area contributed by atoms with Crippen LogP contribution in [-0.4, -0.2) is 26.3 Å². The third kappa shape index (κ3) is 2.85. The number of benzene rings is 1. The summed E-state index contributed by atoms with van der Waals surface area (Å²) in [7, 11) is 1.57. The van der Waals surface area contributed by atoms with E-state index in [-0.39, 0.29) is 17.4 Å². The first-order valence-corrected chi connectivity index (χ1v) is 5.51. The second-order valence-corrected chi connectivity index (χ2v) is 3.89. The van der Waals surface area contributed by atoms with E-state index >= 15 is 0 Å². The van der Waals surface area contributed by atoms with Crippen LogP contribution in [0.4, 0.5) is 20.2 Å². The van der Waals surface area contributed by atoms with Gasteiger partial charge in [0, 0.05) is 19.7 Å². The maximum absolute atomic E-state index is 13.8. The number of ether oxygens (including phenoxy) is 1. The van der Waals surface area contributed by atoms with Gasteiger partial charge in [0.1, 0.15) is 0 Å². The third-order valence-electron chi connectivity index (χ3n) is 2.67. The molecule has 1 rings (SSSR count). The Kier molecular flexibility index (Phi) is 4.69. The van der Waals surface area contributed by atoms with E-state index in [4.69, 9.17) is 10.5 Å². The molecule has 1 atom stereocenters. The van der Waals surface area contributed by atoms with Crippen LogP contribution in [0, 0.1) is 11.6 Å². The van der Waals surface area contributed by atoms with Crippen molar-refractivity contribution < 1.29 is 13.5 Å². The van der Waals surface area contributed by atoms with Crippen molar-refractivity contribution in [3.8, 4) is 0 Å². The van der Waals surface area contributed by atoms with E-state index in [1.165, 1.54) is 6.07 Å². The van der Waals surface area contributed by atoms with Crippen molar-refractivity contribution in [3.63, 3.8) is 0 Å². The molecule has 2 N–H and O–H groups in total. The minimum Gasteiger partial charge on any atom is -0.397 e. The molecule has 0 radical (unpaired) electrons. The highest BCUT2D eigenvalue weighted by Gasteiger charge is 2.21. The van der Waals surface area contributed by atoms with Crippen molar-refractivity contribution in [1.82, 2.24) is 0 Å². The van der Waals surface area contributed by atoms with E-state index in [0.717, 1.165) is 6.07 Å². The number of anilines is 2. The molecule has 0 saturated carbocycles. The van der Waals surface area contributed by atoms with Crippen molar-refractivity contribution in [3.05, 3.63) is 23.8 Å². The lowest BCUT2D eigenvalue weighted by atomic mass is 10.2. The van der Waals surface area contributed by atoms with Gasteiger partial charge in [-0.1, -0.05) is 0 Å². The molecule has 0 fully saturated rings. The average molecular weight is 244 g/mol. The quantitative estimate of drug-likeness (QED) is 0.808. The van der Waals surface area contributed by atoms with Crippen molar-refractivity contribution >= 4 is 11.4 Å². The van der Waals surface area contributed by atoms with Gasteiger partial charge < -0.3 is 15.4 Å². The predicted octanol–water partition coefficient (Wildman–Crippen LogP) is 2.41. The molecule has 1 aromatic rings. The lowest BCUT2D eigenvalue weighted by molar-refractivity contribution is 0.181. The fourth-order valence-electron chi connectivity index (χ4n) is 1.87. The van der Waals surface area contributed by atoms with Gasteiger partial charge in [0.25, 0.3) is 0 Å². The van der Waals surface area contributed by atoms with Crippen molar-refractivity contribution in [2.24, 2.45) is 0 Å². The molecule has 1 unspecified atom stereocenters. The SMILES string of the molecule is CCN(c1c(N)ccc(F)c1F)C(C)COC. The van der Waals surface area contributed by atoms with Crippen molar-refractivity contribution in [2.75, 3.05) is 30.9 Å². The molecule has 0 amide bonds. The van der Waals surface area contributed by atoms with Gasteiger partial charge in [-0.2, -0.15) is 0 Å². The molecule has 3 nitrogen and oxygen atoms in total. The Morgan fingerprint density at radius 1 is 1.41 bits per heavy atom. The largest absolute Gasteiger partial charge is 0.397 e. The van der Waals surface area contributed by atoms with E-state index < -0.39 is 11.6 Å². The summed E-state index contributed by atoms with van der Waals surface area (Å²) in [5.41, 5.74) is 6.05. The van der Waals surface area contributed by atoms with Crippen LogP contribution in [-0.2, 0) is 4.74 Å². The third-order valence-corrected chi connectivity index (χ3v) is 2.67. The van der Waals surface area contributed by atoms with E-state index in [1.807, 2.05) is 13.8 Å². The highest BCUT2D eigenvalue weighted by Crippen LogP contribution is 2.30. The molecule has 17 heavy (non-hydrogen) atoms. The standard InChI is InChI=1S/C12H18F2N2O/c1-4-16(8(2)7-17-3)12-10(15)6-5-9(13)11(12)14/h5-6,8H,4,7,15H2,1-3H3. The van der Waals surface area contributed by atoms with Gasteiger partial charge >= 0.3 is 0 Å². The maximum Gasteiger partial charge on any atom is 0.184 e. The van der Waals surface area contributed by atoms with Crippen LogP contribution in [0.3, 0.4) is 0 Å². The minimum absolute atomic E-state index is 0.0800. The zero-order chi connectivity index (χ0) is 13.0. The van der Waals surface area contributed by atoms with Crippen molar-refractivity contribution in [1.29, 1.82) is 0 Å². The fraction of sp³-hybridized carbons (Fsp3) is 0.500. The fourth-order valence-corrected chi connectivity index (χ4v) is 1.87. The highest BCUT2D eigenvalue weighted by atomic mass is 19.2.